The van der Waals surface area contributed by atoms with Crippen LogP contribution in [-0.2, 0) is 24.8 Å². The molecule has 0 saturated heterocycles. The van der Waals surface area contributed by atoms with E-state index in [-0.39, 0.29) is 33.6 Å². The third-order valence-corrected chi connectivity index (χ3v) is 7.63. The van der Waals surface area contributed by atoms with Gasteiger partial charge in [0.15, 0.2) is 0 Å². The van der Waals surface area contributed by atoms with Crippen molar-refractivity contribution in [2.24, 2.45) is 0 Å². The molecule has 0 atom stereocenters. The van der Waals surface area contributed by atoms with E-state index in [2.05, 4.69) is 20.6 Å². The fraction of sp³-hybridized carbons (Fsp3) is 0.368. The van der Waals surface area contributed by atoms with Gasteiger partial charge in [0, 0.05) is 30.9 Å². The van der Waals surface area contributed by atoms with Gasteiger partial charge in [0.2, 0.25) is 15.9 Å². The third-order valence-electron chi connectivity index (χ3n) is 4.13. The zero-order valence-electron chi connectivity index (χ0n) is 17.9. The summed E-state index contributed by atoms with van der Waals surface area (Å²) in [5, 5.41) is 2.55. The van der Waals surface area contributed by atoms with E-state index in [0.29, 0.717) is 5.69 Å². The van der Waals surface area contributed by atoms with Crippen molar-refractivity contribution in [1.82, 2.24) is 14.1 Å². The van der Waals surface area contributed by atoms with Crippen LogP contribution in [0.3, 0.4) is 0 Å². The first-order chi connectivity index (χ1) is 14.3. The molecular formula is C19H27N5O5S2. The van der Waals surface area contributed by atoms with E-state index >= 15 is 0 Å². The van der Waals surface area contributed by atoms with Crippen LogP contribution in [0.2, 0.25) is 0 Å². The highest BCUT2D eigenvalue weighted by atomic mass is 32.2. The van der Waals surface area contributed by atoms with Crippen molar-refractivity contribution in [3.63, 3.8) is 0 Å². The molecule has 0 bridgehead atoms. The van der Waals surface area contributed by atoms with Gasteiger partial charge in [-0.1, -0.05) is 0 Å². The topological polar surface area (TPSA) is 138 Å². The monoisotopic (exact) mass is 469 g/mol. The summed E-state index contributed by atoms with van der Waals surface area (Å²) < 4.78 is 51.9. The van der Waals surface area contributed by atoms with Gasteiger partial charge in [-0.2, -0.15) is 4.31 Å². The van der Waals surface area contributed by atoms with Crippen LogP contribution >= 0.6 is 0 Å². The molecule has 1 amide bonds. The Hall–Kier alpha value is -2.54. The van der Waals surface area contributed by atoms with Gasteiger partial charge in [-0.3, -0.25) is 10.2 Å². The second-order valence-corrected chi connectivity index (χ2v) is 10.9. The minimum Gasteiger partial charge on any atom is -0.326 e. The number of nitrogens with zero attached hydrogens (tertiary/aromatic N) is 2. The first-order valence-electron chi connectivity index (χ1n) is 9.49. The molecule has 0 spiro atoms. The van der Waals surface area contributed by atoms with Crippen molar-refractivity contribution in [3.05, 3.63) is 42.6 Å². The molecule has 0 fully saturated rings. The summed E-state index contributed by atoms with van der Waals surface area (Å²) in [6.07, 6.45) is 1.17. The fourth-order valence-electron chi connectivity index (χ4n) is 2.98. The van der Waals surface area contributed by atoms with Gasteiger partial charge in [0.25, 0.3) is 10.0 Å². The molecule has 0 aliphatic heterocycles. The molecule has 0 saturated carbocycles. The van der Waals surface area contributed by atoms with Crippen molar-refractivity contribution in [2.75, 3.05) is 10.7 Å². The number of nitrogens with one attached hydrogen (secondary N) is 3. The highest BCUT2D eigenvalue weighted by Crippen LogP contribution is 2.21. The molecule has 1 aromatic carbocycles. The van der Waals surface area contributed by atoms with Crippen molar-refractivity contribution in [2.45, 2.75) is 56.5 Å². The molecule has 170 valence electrons. The lowest BCUT2D eigenvalue weighted by molar-refractivity contribution is -0.114. The number of amides is 1. The first-order valence-corrected chi connectivity index (χ1v) is 12.4. The quantitative estimate of drug-likeness (QED) is 0.479. The van der Waals surface area contributed by atoms with E-state index in [9.17, 15) is 21.6 Å². The smallest absolute Gasteiger partial charge is 0.257 e. The zero-order valence-corrected chi connectivity index (χ0v) is 19.6. The number of benzene rings is 1. The van der Waals surface area contributed by atoms with E-state index in [4.69, 9.17) is 0 Å². The molecule has 0 aliphatic carbocycles. The zero-order chi connectivity index (χ0) is 23.4. The number of anilines is 2. The molecule has 2 rings (SSSR count). The number of hydrogen-bond acceptors (Lipinski definition) is 7. The van der Waals surface area contributed by atoms with E-state index in [1.165, 1.54) is 53.8 Å². The van der Waals surface area contributed by atoms with E-state index < -0.39 is 20.0 Å². The average molecular weight is 470 g/mol. The Balaban J connectivity index is 2.12. The third kappa shape index (κ3) is 6.23. The summed E-state index contributed by atoms with van der Waals surface area (Å²) >= 11 is 0. The van der Waals surface area contributed by atoms with E-state index in [1.807, 2.05) is 0 Å². The molecule has 2 aromatic rings. The van der Waals surface area contributed by atoms with Gasteiger partial charge in [0.05, 0.1) is 4.90 Å². The summed E-state index contributed by atoms with van der Waals surface area (Å²) in [6, 6.07) is 7.87. The van der Waals surface area contributed by atoms with Crippen LogP contribution in [0.5, 0.6) is 0 Å². The van der Waals surface area contributed by atoms with Gasteiger partial charge < -0.3 is 5.32 Å². The van der Waals surface area contributed by atoms with Crippen molar-refractivity contribution < 1.29 is 21.6 Å². The summed E-state index contributed by atoms with van der Waals surface area (Å²) in [5.74, 6) is -0.144. The minimum atomic E-state index is -3.92. The molecule has 12 heteroatoms. The number of hydrogen-bond donors (Lipinski definition) is 3. The predicted octanol–water partition coefficient (Wildman–Crippen LogP) is 2.15. The average Bonchev–Trinajstić information content (AvgIpc) is 2.66. The molecular weight excluding hydrogens is 442 g/mol. The molecule has 10 nitrogen and oxygen atoms in total. The van der Waals surface area contributed by atoms with Crippen LogP contribution in [0.15, 0.2) is 52.4 Å². The lowest BCUT2D eigenvalue weighted by Gasteiger charge is -2.29. The SMILES string of the molecule is CC(=O)Nc1ccc(S(=O)(=O)NNc2ccc(S(=O)(=O)N(C(C)C)C(C)C)cn2)cc1. The lowest BCUT2D eigenvalue weighted by atomic mass is 10.3. The van der Waals surface area contributed by atoms with E-state index in [0.717, 1.165) is 0 Å². The molecule has 1 heterocycles. The highest BCUT2D eigenvalue weighted by Gasteiger charge is 2.29. The Bertz CT molecular complexity index is 1110. The highest BCUT2D eigenvalue weighted by molar-refractivity contribution is 7.89. The second kappa shape index (κ2) is 9.73. The van der Waals surface area contributed by atoms with Crippen LogP contribution in [0.25, 0.3) is 0 Å². The number of hydrazine groups is 1. The predicted molar refractivity (Wildman–Crippen MR) is 118 cm³/mol. The van der Waals surface area contributed by atoms with Crippen molar-refractivity contribution in [1.29, 1.82) is 0 Å². The molecule has 0 aliphatic rings. The van der Waals surface area contributed by atoms with Crippen LogP contribution in [-0.4, -0.2) is 44.1 Å². The van der Waals surface area contributed by atoms with Crippen LogP contribution < -0.4 is 15.6 Å². The van der Waals surface area contributed by atoms with E-state index in [1.54, 1.807) is 27.7 Å². The number of pyridine rings is 1. The Morgan fingerprint density at radius 2 is 1.45 bits per heavy atom. The van der Waals surface area contributed by atoms with Crippen LogP contribution in [0.4, 0.5) is 11.5 Å². The Labute approximate surface area is 183 Å². The number of carbonyl (C=O) groups excluding carboxylic acids is 1. The Morgan fingerprint density at radius 1 is 0.903 bits per heavy atom. The number of sulfonamides is 2. The van der Waals surface area contributed by atoms with Crippen molar-refractivity contribution >= 4 is 37.5 Å². The molecule has 0 unspecified atom stereocenters. The largest absolute Gasteiger partial charge is 0.326 e. The standard InChI is InChI=1S/C19H27N5O5S2/c1-13(2)24(14(3)4)31(28,29)18-10-11-19(20-12-18)22-23-30(26,27)17-8-6-16(7-9-17)21-15(5)25/h6-14,23H,1-5H3,(H,20,22)(H,21,25). The minimum absolute atomic E-state index is 0.0110. The number of rotatable bonds is 9. The van der Waals surface area contributed by atoms with Gasteiger partial charge in [0.1, 0.15) is 10.7 Å². The van der Waals surface area contributed by atoms with Gasteiger partial charge in [-0.05, 0) is 64.1 Å². The molecule has 31 heavy (non-hydrogen) atoms. The second-order valence-electron chi connectivity index (χ2n) is 7.34. The maximum Gasteiger partial charge on any atom is 0.257 e. The summed E-state index contributed by atoms with van der Waals surface area (Å²) in [6.45, 7) is 8.51. The normalized spacial score (nSPS) is 12.4. The van der Waals surface area contributed by atoms with Crippen LogP contribution in [0.1, 0.15) is 34.6 Å². The molecule has 3 N–H and O–H groups in total. The molecule has 1 aromatic heterocycles. The lowest BCUT2D eigenvalue weighted by Crippen LogP contribution is -2.41. The first kappa shape index (κ1) is 24.7. The Kier molecular flexibility index (Phi) is 7.76. The summed E-state index contributed by atoms with van der Waals surface area (Å²) in [5.41, 5.74) is 2.92. The summed E-state index contributed by atoms with van der Waals surface area (Å²) in [4.78, 5) is 17.2. The maximum absolute atomic E-state index is 12.9. The van der Waals surface area contributed by atoms with Crippen LogP contribution in [0, 0.1) is 0 Å². The van der Waals surface area contributed by atoms with Gasteiger partial charge in [-0.15, -0.1) is 4.83 Å². The fourth-order valence-corrected chi connectivity index (χ4v) is 5.61. The number of aromatic nitrogens is 1. The maximum atomic E-state index is 12.9. The van der Waals surface area contributed by atoms with Gasteiger partial charge >= 0.3 is 0 Å². The Morgan fingerprint density at radius 3 is 1.90 bits per heavy atom. The van der Waals surface area contributed by atoms with Crippen molar-refractivity contribution in [3.8, 4) is 0 Å². The molecule has 0 radical (unpaired) electrons. The summed E-state index contributed by atoms with van der Waals surface area (Å²) in [7, 11) is -7.66. The van der Waals surface area contributed by atoms with Gasteiger partial charge in [-0.25, -0.2) is 21.8 Å². The number of carbonyl (C=O) groups is 1.